The van der Waals surface area contributed by atoms with Crippen LogP contribution >= 0.6 is 31.9 Å². The molecule has 14 aromatic rings. The van der Waals surface area contributed by atoms with Gasteiger partial charge in [-0.2, -0.15) is 0 Å². The second kappa shape index (κ2) is 30.4. The molecule has 100 heavy (non-hydrogen) atoms. The van der Waals surface area contributed by atoms with Gasteiger partial charge in [-0.05, 0) is 189 Å². The maximum absolute atomic E-state index is 3.65. The largest absolute Gasteiger partial charge is 0.355 e. The van der Waals surface area contributed by atoms with Crippen LogP contribution in [0, 0.1) is 41.5 Å². The van der Waals surface area contributed by atoms with Gasteiger partial charge in [-0.3, -0.25) is 0 Å². The van der Waals surface area contributed by atoms with Crippen LogP contribution in [0.3, 0.4) is 0 Å². The summed E-state index contributed by atoms with van der Waals surface area (Å²) in [5.74, 6) is 0. The number of anilines is 8. The van der Waals surface area contributed by atoms with Crippen molar-refractivity contribution in [2.75, 3.05) is 15.1 Å². The number of hydrogen-bond donors (Lipinski definition) is 1. The maximum atomic E-state index is 3.65. The molecule has 14 rings (SSSR count). The van der Waals surface area contributed by atoms with E-state index < -0.39 is 24.2 Å². The molecule has 0 aliphatic heterocycles. The highest BCUT2D eigenvalue weighted by molar-refractivity contribution is 9.11. The second-order valence-electron chi connectivity index (χ2n) is 28.4. The maximum Gasteiger partial charge on any atom is 0.0859 e. The van der Waals surface area contributed by atoms with Crippen LogP contribution in [0.15, 0.2) is 233 Å². The van der Waals surface area contributed by atoms with Gasteiger partial charge in [0.15, 0.2) is 0 Å². The van der Waals surface area contributed by atoms with E-state index >= 15 is 0 Å². The molecule has 0 fully saturated rings. The van der Waals surface area contributed by atoms with Crippen molar-refractivity contribution in [2.45, 2.75) is 158 Å². The molecule has 1 N–H and O–H groups in total. The number of halogens is 2. The van der Waals surface area contributed by atoms with Gasteiger partial charge in [-0.1, -0.05) is 328 Å². The minimum absolute atomic E-state index is 1.16. The summed E-state index contributed by atoms with van der Waals surface area (Å²) in [7, 11) is -4.44. The van der Waals surface area contributed by atoms with E-state index in [0.29, 0.717) is 0 Å². The number of hydrogen-bond acceptors (Lipinski definition) is 3. The van der Waals surface area contributed by atoms with Gasteiger partial charge in [0.25, 0.3) is 0 Å². The predicted octanol–water partition coefficient (Wildman–Crippen LogP) is 28.1. The van der Waals surface area contributed by atoms with E-state index in [2.05, 4.69) is 375 Å². The van der Waals surface area contributed by atoms with Crippen LogP contribution in [-0.2, 0) is 0 Å². The Balaban J connectivity index is 0.000000190. The van der Waals surface area contributed by atoms with Gasteiger partial charge >= 0.3 is 0 Å². The molecular weight excluding hydrogens is 1390 g/mol. The quantitative estimate of drug-likeness (QED) is 0.0606. The SMILES string of the molecule is Brc1ccc2ccc3c(Br)ccc4ccc1c2c43.CC[Si](CC)(CC)c1cc(C)c(N(c2ccccc2)c2ccc3ccc4c(N(c5ccccc5)c5c(C)cc([Si](CC)(CC)CC)cc5C)ccc5ccc2c3c54)c(C)c1.CC[Si](CC)(CC)c1cc(C)c(Nc2ccccc2)c(C)c1. The van der Waals surface area contributed by atoms with Crippen molar-refractivity contribution in [2.24, 2.45) is 0 Å². The van der Waals surface area contributed by atoms with Crippen LogP contribution in [0.2, 0.25) is 54.4 Å². The lowest BCUT2D eigenvalue weighted by atomic mass is 9.91. The first-order chi connectivity index (χ1) is 48.4. The van der Waals surface area contributed by atoms with Gasteiger partial charge in [0.2, 0.25) is 0 Å². The van der Waals surface area contributed by atoms with Gasteiger partial charge < -0.3 is 15.1 Å². The van der Waals surface area contributed by atoms with Crippen LogP contribution < -0.4 is 30.7 Å². The summed E-state index contributed by atoms with van der Waals surface area (Å²) in [6, 6.07) is 95.6. The molecule has 8 heteroatoms. The fourth-order valence-corrected chi connectivity index (χ4v) is 29.5. The molecule has 0 atom stereocenters. The second-order valence-corrected chi connectivity index (χ2v) is 45.9. The third kappa shape index (κ3) is 13.2. The van der Waals surface area contributed by atoms with Crippen LogP contribution in [0.25, 0.3) is 64.6 Å². The summed E-state index contributed by atoms with van der Waals surface area (Å²) in [4.78, 5) is 5.09. The zero-order chi connectivity index (χ0) is 70.8. The third-order valence-corrected chi connectivity index (χ3v) is 41.7. The first-order valence-electron chi connectivity index (χ1n) is 37.0. The zero-order valence-corrected chi connectivity index (χ0v) is 68.0. The highest BCUT2D eigenvalue weighted by Crippen LogP contribution is 2.50. The highest BCUT2D eigenvalue weighted by Gasteiger charge is 2.34. The minimum atomic E-state index is -1.57. The van der Waals surface area contributed by atoms with Crippen molar-refractivity contribution in [3.05, 3.63) is 267 Å². The monoisotopic (exact) mass is 1490 g/mol. The molecule has 0 bridgehead atoms. The molecule has 0 aliphatic carbocycles. The van der Waals surface area contributed by atoms with Crippen LogP contribution in [0.5, 0.6) is 0 Å². The average molecular weight is 1490 g/mol. The molecule has 0 amide bonds. The summed E-state index contributed by atoms with van der Waals surface area (Å²) in [6.07, 6.45) is 0. The summed E-state index contributed by atoms with van der Waals surface area (Å²) in [5.41, 5.74) is 17.9. The number of rotatable bonds is 20. The van der Waals surface area contributed by atoms with Gasteiger partial charge in [0.1, 0.15) is 0 Å². The van der Waals surface area contributed by atoms with E-state index in [1.165, 1.54) is 192 Å². The minimum Gasteiger partial charge on any atom is -0.355 e. The van der Waals surface area contributed by atoms with Crippen LogP contribution in [-0.4, -0.2) is 24.2 Å². The molecule has 0 aromatic heterocycles. The summed E-state index contributed by atoms with van der Waals surface area (Å²) in [6.45, 7) is 35.5. The lowest BCUT2D eigenvalue weighted by Crippen LogP contribution is -2.46. The number of nitrogens with one attached hydrogen (secondary N) is 1. The van der Waals surface area contributed by atoms with Crippen molar-refractivity contribution >= 4 is 182 Å². The van der Waals surface area contributed by atoms with Crippen molar-refractivity contribution in [3.63, 3.8) is 0 Å². The normalized spacial score (nSPS) is 12.0. The smallest absolute Gasteiger partial charge is 0.0859 e. The lowest BCUT2D eigenvalue weighted by Gasteiger charge is -2.34. The standard InChI is InChI=1S/C56H64N2Si2.C20H29NSi.C16H8Br2/c1-11-59(12-2,13-3)47-35-39(7)55(40(8)36-47)57(45-23-19-17-20-24-45)51-33-29-43-28-32-50-52(34-30-44-27-31-49(51)53(43)54(44)50)58(46-25-21-18-22-26-46)56-41(9)37-48(38-42(56)10)60(14-4,15-5)16-6;1-6-22(7-2,8-3)19-14-16(4)20(17(5)15-19)21-18-12-10-9-11-13-18;17-13-8-4-10-2-6-12-14(18)7-3-9-1-5-11(13)16(10)15(9)12/h17-38H,11-16H2,1-10H3;9-15,21H,6-8H2,1-5H3;1-8H. The van der Waals surface area contributed by atoms with E-state index in [-0.39, 0.29) is 0 Å². The molecule has 0 radical (unpaired) electrons. The van der Waals surface area contributed by atoms with E-state index in [9.17, 15) is 0 Å². The Labute approximate surface area is 617 Å². The summed E-state index contributed by atoms with van der Waals surface area (Å²) >= 11 is 7.30. The summed E-state index contributed by atoms with van der Waals surface area (Å²) in [5, 5.41) is 24.0. The topological polar surface area (TPSA) is 18.5 Å². The summed E-state index contributed by atoms with van der Waals surface area (Å²) < 4.78 is 2.31. The fraction of sp³-hybridized carbons (Fsp3) is 0.261. The first kappa shape index (κ1) is 72.0. The molecule has 3 nitrogen and oxygen atoms in total. The van der Waals surface area contributed by atoms with Gasteiger partial charge in [-0.25, -0.2) is 0 Å². The molecular formula is C92H101Br2N3Si3. The van der Waals surface area contributed by atoms with E-state index in [4.69, 9.17) is 0 Å². The molecule has 0 saturated carbocycles. The Morgan fingerprint density at radius 1 is 0.290 bits per heavy atom. The number of para-hydroxylation sites is 3. The van der Waals surface area contributed by atoms with Crippen molar-refractivity contribution < 1.29 is 0 Å². The third-order valence-electron chi connectivity index (χ3n) is 23.6. The number of benzene rings is 14. The number of aryl methyl sites for hydroxylation is 6. The lowest BCUT2D eigenvalue weighted by molar-refractivity contribution is 1.18. The molecule has 0 heterocycles. The Kier molecular flexibility index (Phi) is 21.9. The van der Waals surface area contributed by atoms with Crippen molar-refractivity contribution in [1.29, 1.82) is 0 Å². The Hall–Kier alpha value is -7.83. The molecule has 0 unspecified atom stereocenters. The average Bonchev–Trinajstić information content (AvgIpc) is 0.723. The molecule has 0 aliphatic rings. The van der Waals surface area contributed by atoms with Crippen LogP contribution in [0.4, 0.5) is 45.5 Å². The predicted molar refractivity (Wildman–Crippen MR) is 460 cm³/mol. The highest BCUT2D eigenvalue weighted by atomic mass is 79.9. The van der Waals surface area contributed by atoms with E-state index in [0.717, 1.165) is 14.6 Å². The van der Waals surface area contributed by atoms with Crippen molar-refractivity contribution in [1.82, 2.24) is 0 Å². The molecule has 14 aromatic carbocycles. The van der Waals surface area contributed by atoms with Crippen molar-refractivity contribution in [3.8, 4) is 0 Å². The van der Waals surface area contributed by atoms with Gasteiger partial charge in [0, 0.05) is 42.5 Å². The van der Waals surface area contributed by atoms with E-state index in [1.54, 1.807) is 15.6 Å². The zero-order valence-electron chi connectivity index (χ0n) is 61.9. The number of nitrogens with zero attached hydrogens (tertiary/aromatic N) is 2. The Bertz CT molecular complexity index is 4830. The Morgan fingerprint density at radius 3 is 0.860 bits per heavy atom. The molecule has 510 valence electrons. The van der Waals surface area contributed by atoms with Gasteiger partial charge in [0.05, 0.1) is 47.0 Å². The van der Waals surface area contributed by atoms with Gasteiger partial charge in [-0.15, -0.1) is 0 Å². The van der Waals surface area contributed by atoms with Crippen LogP contribution in [0.1, 0.15) is 95.7 Å². The first-order valence-corrected chi connectivity index (χ1v) is 46.4. The molecule has 0 spiro atoms. The fourth-order valence-electron chi connectivity index (χ4n) is 17.3. The Morgan fingerprint density at radius 2 is 0.550 bits per heavy atom. The van der Waals surface area contributed by atoms with E-state index in [1.807, 2.05) is 0 Å². The molecule has 0 saturated heterocycles.